The predicted octanol–water partition coefficient (Wildman–Crippen LogP) is 1.58. The third-order valence-electron chi connectivity index (χ3n) is 4.45. The Bertz CT molecular complexity index is 598. The largest absolute Gasteiger partial charge is 0.503 e. The van der Waals surface area contributed by atoms with Crippen LogP contribution in [0, 0.1) is 5.41 Å². The standard InChI is InChI=1S/C14H21N3O4.CH2O3.2H3N/c1-12(2,3)21-11(20)15-8-4-13(5-8)6-14(7-13)9(18)16-10(19)17-14;2-1(3)4;;/h8H,4-7H2,1-3H3,(H,15,20)(H2,16,17,18,19);(H2,2,3,4);2*1H3. The molecule has 0 radical (unpaired) electrons. The highest BCUT2D eigenvalue weighted by Gasteiger charge is 2.66. The van der Waals surface area contributed by atoms with Crippen molar-refractivity contribution < 1.29 is 34.1 Å². The number of carboxylic acid groups (broad SMARTS) is 2. The third-order valence-corrected chi connectivity index (χ3v) is 4.45. The van der Waals surface area contributed by atoms with Crippen LogP contribution in [0.25, 0.3) is 0 Å². The number of ether oxygens (including phenoxy) is 1. The van der Waals surface area contributed by atoms with Gasteiger partial charge in [0.2, 0.25) is 0 Å². The smallest absolute Gasteiger partial charge is 0.450 e. The number of hydrogen-bond acceptors (Lipinski definition) is 7. The fraction of sp³-hybridized carbons (Fsp3) is 0.733. The van der Waals surface area contributed by atoms with Crippen LogP contribution in [-0.4, -0.2) is 51.6 Å². The van der Waals surface area contributed by atoms with Crippen molar-refractivity contribution in [2.75, 3.05) is 0 Å². The first-order chi connectivity index (χ1) is 11.3. The molecule has 3 fully saturated rings. The summed E-state index contributed by atoms with van der Waals surface area (Å²) in [5, 5.41) is 21.8. The van der Waals surface area contributed by atoms with Gasteiger partial charge in [-0.15, -0.1) is 0 Å². The first-order valence-electron chi connectivity index (χ1n) is 7.90. The normalized spacial score (nSPS) is 30.1. The molecule has 156 valence electrons. The fourth-order valence-electron chi connectivity index (χ4n) is 3.86. The van der Waals surface area contributed by atoms with E-state index < -0.39 is 29.4 Å². The van der Waals surface area contributed by atoms with Gasteiger partial charge in [-0.1, -0.05) is 0 Å². The van der Waals surface area contributed by atoms with Gasteiger partial charge < -0.3 is 37.9 Å². The molecule has 2 aliphatic carbocycles. The summed E-state index contributed by atoms with van der Waals surface area (Å²) in [6.45, 7) is 5.48. The van der Waals surface area contributed by atoms with Crippen molar-refractivity contribution in [3.63, 3.8) is 0 Å². The number of rotatable bonds is 1. The summed E-state index contributed by atoms with van der Waals surface area (Å²) in [7, 11) is 0. The maximum Gasteiger partial charge on any atom is 0.503 e. The van der Waals surface area contributed by atoms with Gasteiger partial charge in [-0.3, -0.25) is 10.1 Å². The van der Waals surface area contributed by atoms with Gasteiger partial charge in [0.1, 0.15) is 11.1 Å². The van der Waals surface area contributed by atoms with E-state index in [0.717, 1.165) is 12.8 Å². The number of nitrogens with one attached hydrogen (secondary N) is 3. The van der Waals surface area contributed by atoms with E-state index in [1.165, 1.54) is 0 Å². The molecule has 12 heteroatoms. The Morgan fingerprint density at radius 2 is 1.63 bits per heavy atom. The Morgan fingerprint density at radius 3 is 2.00 bits per heavy atom. The van der Waals surface area contributed by atoms with Crippen molar-refractivity contribution in [2.45, 2.75) is 63.6 Å². The molecule has 0 atom stereocenters. The van der Waals surface area contributed by atoms with E-state index in [9.17, 15) is 14.4 Å². The van der Waals surface area contributed by atoms with Gasteiger partial charge in [0.15, 0.2) is 0 Å². The topological polar surface area (TPSA) is 224 Å². The molecule has 0 unspecified atom stereocenters. The minimum atomic E-state index is -1.83. The van der Waals surface area contributed by atoms with Gasteiger partial charge >= 0.3 is 18.3 Å². The molecule has 2 spiro atoms. The molecule has 11 N–H and O–H groups in total. The van der Waals surface area contributed by atoms with E-state index in [2.05, 4.69) is 16.0 Å². The van der Waals surface area contributed by atoms with Crippen molar-refractivity contribution in [2.24, 2.45) is 5.41 Å². The summed E-state index contributed by atoms with van der Waals surface area (Å²) >= 11 is 0. The van der Waals surface area contributed by atoms with E-state index in [1.807, 2.05) is 20.8 Å². The van der Waals surface area contributed by atoms with Crippen LogP contribution in [0.4, 0.5) is 14.4 Å². The van der Waals surface area contributed by atoms with E-state index >= 15 is 0 Å². The summed E-state index contributed by atoms with van der Waals surface area (Å²) in [4.78, 5) is 43.2. The van der Waals surface area contributed by atoms with Crippen molar-refractivity contribution in [1.29, 1.82) is 0 Å². The molecule has 0 aromatic heterocycles. The number of carbonyl (C=O) groups is 4. The second-order valence-electron chi connectivity index (χ2n) is 7.88. The lowest BCUT2D eigenvalue weighted by molar-refractivity contribution is -0.140. The zero-order chi connectivity index (χ0) is 19.0. The molecule has 3 aliphatic rings. The molecule has 4 amide bonds. The molecule has 1 aliphatic heterocycles. The molecule has 0 aromatic rings. The van der Waals surface area contributed by atoms with Crippen molar-refractivity contribution >= 4 is 24.2 Å². The monoisotopic (exact) mass is 391 g/mol. The molecule has 27 heavy (non-hydrogen) atoms. The molecule has 1 saturated heterocycles. The minimum absolute atomic E-state index is 0. The van der Waals surface area contributed by atoms with Crippen LogP contribution in [0.2, 0.25) is 0 Å². The molecular formula is C15H29N5O7. The van der Waals surface area contributed by atoms with E-state index in [0.29, 0.717) is 12.8 Å². The lowest BCUT2D eigenvalue weighted by atomic mass is 9.47. The summed E-state index contributed by atoms with van der Waals surface area (Å²) in [6, 6.07) is -0.310. The second kappa shape index (κ2) is 7.96. The molecular weight excluding hydrogens is 362 g/mol. The van der Waals surface area contributed by atoms with E-state index in [4.69, 9.17) is 19.7 Å². The van der Waals surface area contributed by atoms with Crippen LogP contribution in [0.15, 0.2) is 0 Å². The zero-order valence-corrected chi connectivity index (χ0v) is 15.8. The van der Waals surface area contributed by atoms with Gasteiger partial charge in [0, 0.05) is 6.04 Å². The van der Waals surface area contributed by atoms with Gasteiger partial charge in [-0.2, -0.15) is 0 Å². The Balaban J connectivity index is 0.00000103. The Hall–Kier alpha value is -2.60. The van der Waals surface area contributed by atoms with Gasteiger partial charge in [-0.25, -0.2) is 14.4 Å². The maximum atomic E-state index is 11.7. The number of urea groups is 1. The SMILES string of the molecule is CC(C)(C)OC(=O)NC1CC2(C1)CC1(C2)NC(=O)NC1=O.N.N.O=C(O)O. The van der Waals surface area contributed by atoms with Crippen LogP contribution in [0.3, 0.4) is 0 Å². The average Bonchev–Trinajstić information content (AvgIpc) is 2.57. The first-order valence-corrected chi connectivity index (χ1v) is 7.90. The van der Waals surface area contributed by atoms with E-state index in [1.54, 1.807) is 0 Å². The lowest BCUT2D eigenvalue weighted by Gasteiger charge is -2.60. The quantitative estimate of drug-likeness (QED) is 0.321. The van der Waals surface area contributed by atoms with Gasteiger partial charge in [-0.05, 0) is 51.9 Å². The van der Waals surface area contributed by atoms with Crippen LogP contribution in [-0.2, 0) is 9.53 Å². The highest BCUT2D eigenvalue weighted by atomic mass is 16.6. The lowest BCUT2D eigenvalue weighted by Crippen LogP contribution is -2.68. The molecule has 2 saturated carbocycles. The fourth-order valence-corrected chi connectivity index (χ4v) is 3.86. The van der Waals surface area contributed by atoms with Crippen molar-refractivity contribution in [1.82, 2.24) is 28.3 Å². The van der Waals surface area contributed by atoms with Crippen LogP contribution in [0.1, 0.15) is 46.5 Å². The second-order valence-corrected chi connectivity index (χ2v) is 7.88. The number of amides is 4. The highest BCUT2D eigenvalue weighted by molar-refractivity contribution is 6.07. The van der Waals surface area contributed by atoms with Crippen LogP contribution >= 0.6 is 0 Å². The predicted molar refractivity (Wildman–Crippen MR) is 94.2 cm³/mol. The maximum absolute atomic E-state index is 11.7. The van der Waals surface area contributed by atoms with Gasteiger partial charge in [0.05, 0.1) is 0 Å². The van der Waals surface area contributed by atoms with Crippen LogP contribution < -0.4 is 28.3 Å². The molecule has 0 aromatic carbocycles. The van der Waals surface area contributed by atoms with E-state index in [-0.39, 0.29) is 29.7 Å². The summed E-state index contributed by atoms with van der Waals surface area (Å²) in [6.07, 6.45) is 0.742. The van der Waals surface area contributed by atoms with Crippen molar-refractivity contribution in [3.8, 4) is 0 Å². The number of alkyl carbamates (subject to hydrolysis) is 1. The summed E-state index contributed by atoms with van der Waals surface area (Å²) in [5.74, 6) is -0.221. The first kappa shape index (κ1) is 24.4. The number of carbonyl (C=O) groups excluding carboxylic acids is 3. The zero-order valence-electron chi connectivity index (χ0n) is 15.8. The molecule has 12 nitrogen and oxygen atoms in total. The van der Waals surface area contributed by atoms with Crippen LogP contribution in [0.5, 0.6) is 0 Å². The Morgan fingerprint density at radius 1 is 1.15 bits per heavy atom. The molecule has 0 bridgehead atoms. The summed E-state index contributed by atoms with van der Waals surface area (Å²) < 4.78 is 5.22. The number of imide groups is 1. The average molecular weight is 391 g/mol. The minimum Gasteiger partial charge on any atom is -0.450 e. The van der Waals surface area contributed by atoms with Crippen molar-refractivity contribution in [3.05, 3.63) is 0 Å². The molecule has 3 rings (SSSR count). The number of hydrogen-bond donors (Lipinski definition) is 7. The Labute approximate surface area is 156 Å². The summed E-state index contributed by atoms with van der Waals surface area (Å²) in [5.41, 5.74) is -1.12. The highest BCUT2D eigenvalue weighted by Crippen LogP contribution is 2.61. The third kappa shape index (κ3) is 5.69. The van der Waals surface area contributed by atoms with Gasteiger partial charge in [0.25, 0.3) is 5.91 Å². The molecule has 1 heterocycles. The Kier molecular flexibility index (Phi) is 7.20.